The second-order valence-electron chi connectivity index (χ2n) is 3.64. The number of carboxylic acids is 1. The zero-order chi connectivity index (χ0) is 9.03. The quantitative estimate of drug-likeness (QED) is 0.658. The molecule has 0 radical (unpaired) electrons. The van der Waals surface area contributed by atoms with Crippen LogP contribution in [0.4, 0.5) is 0 Å². The molecule has 1 N–H and O–H groups in total. The Morgan fingerprint density at radius 2 is 2.00 bits per heavy atom. The zero-order valence-electron chi connectivity index (χ0n) is 7.38. The van der Waals surface area contributed by atoms with Crippen molar-refractivity contribution in [1.82, 2.24) is 0 Å². The predicted molar refractivity (Wildman–Crippen MR) is 48.0 cm³/mol. The van der Waals surface area contributed by atoms with E-state index in [-0.39, 0.29) is 0 Å². The van der Waals surface area contributed by atoms with Crippen LogP contribution in [-0.2, 0) is 4.79 Å². The van der Waals surface area contributed by atoms with Crippen molar-refractivity contribution in [2.24, 2.45) is 5.41 Å². The zero-order valence-corrected chi connectivity index (χ0v) is 7.38. The predicted octanol–water partition coefficient (Wildman–Crippen LogP) is 2.60. The third-order valence-corrected chi connectivity index (χ3v) is 2.80. The van der Waals surface area contributed by atoms with Gasteiger partial charge in [0.25, 0.3) is 0 Å². The van der Waals surface area contributed by atoms with Gasteiger partial charge in [-0.1, -0.05) is 25.3 Å². The summed E-state index contributed by atoms with van der Waals surface area (Å²) >= 11 is 0. The highest BCUT2D eigenvalue weighted by atomic mass is 16.4. The maximum Gasteiger partial charge on any atom is 0.309 e. The van der Waals surface area contributed by atoms with E-state index in [9.17, 15) is 4.79 Å². The van der Waals surface area contributed by atoms with Crippen LogP contribution in [0.3, 0.4) is 0 Å². The minimum Gasteiger partial charge on any atom is -0.481 e. The number of hydrogen-bond acceptors (Lipinski definition) is 1. The molecule has 2 nitrogen and oxygen atoms in total. The van der Waals surface area contributed by atoms with Gasteiger partial charge in [-0.15, -0.1) is 6.58 Å². The smallest absolute Gasteiger partial charge is 0.309 e. The molecule has 1 aliphatic carbocycles. The molecule has 1 fully saturated rings. The Morgan fingerprint density at radius 1 is 1.42 bits per heavy atom. The molecule has 12 heavy (non-hydrogen) atoms. The van der Waals surface area contributed by atoms with Crippen LogP contribution in [0.2, 0.25) is 0 Å². The van der Waals surface area contributed by atoms with Gasteiger partial charge in [0.15, 0.2) is 0 Å². The fourth-order valence-corrected chi connectivity index (χ4v) is 2.01. The molecule has 0 aromatic rings. The maximum atomic E-state index is 11.0. The van der Waals surface area contributed by atoms with Crippen molar-refractivity contribution in [2.75, 3.05) is 0 Å². The molecule has 0 amide bonds. The van der Waals surface area contributed by atoms with Crippen molar-refractivity contribution in [1.29, 1.82) is 0 Å². The number of carbonyl (C=O) groups is 1. The molecule has 1 rings (SSSR count). The second kappa shape index (κ2) is 3.74. The van der Waals surface area contributed by atoms with Gasteiger partial charge in [-0.2, -0.15) is 0 Å². The monoisotopic (exact) mass is 168 g/mol. The van der Waals surface area contributed by atoms with Gasteiger partial charge in [0.05, 0.1) is 5.41 Å². The molecular weight excluding hydrogens is 152 g/mol. The Morgan fingerprint density at radius 3 is 2.42 bits per heavy atom. The van der Waals surface area contributed by atoms with E-state index in [1.165, 1.54) is 6.42 Å². The largest absolute Gasteiger partial charge is 0.481 e. The lowest BCUT2D eigenvalue weighted by atomic mass is 9.72. The van der Waals surface area contributed by atoms with Crippen LogP contribution in [-0.4, -0.2) is 11.1 Å². The average Bonchev–Trinajstić information content (AvgIpc) is 2.06. The Labute approximate surface area is 73.3 Å². The average molecular weight is 168 g/mol. The third kappa shape index (κ3) is 1.68. The molecular formula is C10H16O2. The fourth-order valence-electron chi connectivity index (χ4n) is 2.01. The van der Waals surface area contributed by atoms with E-state index < -0.39 is 11.4 Å². The molecule has 0 aliphatic heterocycles. The lowest BCUT2D eigenvalue weighted by Crippen LogP contribution is -2.32. The Kier molecular flexibility index (Phi) is 2.90. The maximum absolute atomic E-state index is 11.0. The van der Waals surface area contributed by atoms with Crippen LogP contribution >= 0.6 is 0 Å². The number of aliphatic carboxylic acids is 1. The molecule has 68 valence electrons. The first-order chi connectivity index (χ1) is 5.71. The minimum atomic E-state index is -0.637. The first-order valence-electron chi connectivity index (χ1n) is 4.55. The Bertz CT molecular complexity index is 178. The fraction of sp³-hybridized carbons (Fsp3) is 0.700. The molecule has 0 unspecified atom stereocenters. The SMILES string of the molecule is C=CCC1(C(=O)O)CCCCC1. The van der Waals surface area contributed by atoms with E-state index in [0.29, 0.717) is 6.42 Å². The molecule has 1 aliphatic rings. The number of hydrogen-bond donors (Lipinski definition) is 1. The van der Waals surface area contributed by atoms with Gasteiger partial charge in [0.1, 0.15) is 0 Å². The van der Waals surface area contributed by atoms with E-state index in [1.807, 2.05) is 0 Å². The molecule has 0 aromatic carbocycles. The molecule has 2 heteroatoms. The van der Waals surface area contributed by atoms with E-state index in [2.05, 4.69) is 6.58 Å². The third-order valence-electron chi connectivity index (χ3n) is 2.80. The minimum absolute atomic E-state index is 0.472. The highest BCUT2D eigenvalue weighted by molar-refractivity contribution is 5.74. The van der Waals surface area contributed by atoms with E-state index in [4.69, 9.17) is 5.11 Å². The van der Waals surface area contributed by atoms with Crippen LogP contribution in [0.1, 0.15) is 38.5 Å². The van der Waals surface area contributed by atoms with E-state index in [0.717, 1.165) is 25.7 Å². The lowest BCUT2D eigenvalue weighted by molar-refractivity contribution is -0.150. The van der Waals surface area contributed by atoms with Crippen molar-refractivity contribution in [2.45, 2.75) is 38.5 Å². The van der Waals surface area contributed by atoms with Crippen molar-refractivity contribution in [3.05, 3.63) is 12.7 Å². The standard InChI is InChI=1S/C10H16O2/c1-2-6-10(9(11)12)7-4-3-5-8-10/h2H,1,3-8H2,(H,11,12). The Hall–Kier alpha value is -0.790. The highest BCUT2D eigenvalue weighted by Gasteiger charge is 2.37. The van der Waals surface area contributed by atoms with Crippen molar-refractivity contribution in [3.63, 3.8) is 0 Å². The van der Waals surface area contributed by atoms with Gasteiger partial charge in [-0.25, -0.2) is 0 Å². The molecule has 0 saturated heterocycles. The highest BCUT2D eigenvalue weighted by Crippen LogP contribution is 2.39. The summed E-state index contributed by atoms with van der Waals surface area (Å²) in [7, 11) is 0. The summed E-state index contributed by atoms with van der Waals surface area (Å²) in [6, 6.07) is 0. The van der Waals surface area contributed by atoms with E-state index >= 15 is 0 Å². The molecule has 0 atom stereocenters. The van der Waals surface area contributed by atoms with Gasteiger partial charge in [-0.05, 0) is 19.3 Å². The number of allylic oxidation sites excluding steroid dienone is 1. The first-order valence-corrected chi connectivity index (χ1v) is 4.55. The molecule has 0 spiro atoms. The van der Waals surface area contributed by atoms with E-state index in [1.54, 1.807) is 6.08 Å². The van der Waals surface area contributed by atoms with Gasteiger partial charge < -0.3 is 5.11 Å². The van der Waals surface area contributed by atoms with Crippen molar-refractivity contribution < 1.29 is 9.90 Å². The number of rotatable bonds is 3. The summed E-state index contributed by atoms with van der Waals surface area (Å²) in [6.07, 6.45) is 7.32. The van der Waals surface area contributed by atoms with Crippen LogP contribution in [0, 0.1) is 5.41 Å². The van der Waals surface area contributed by atoms with Crippen LogP contribution < -0.4 is 0 Å². The normalized spacial score (nSPS) is 21.7. The molecule has 0 heterocycles. The van der Waals surface area contributed by atoms with Crippen LogP contribution in [0.15, 0.2) is 12.7 Å². The summed E-state index contributed by atoms with van der Waals surface area (Å²) in [4.78, 5) is 11.0. The van der Waals surface area contributed by atoms with Crippen molar-refractivity contribution >= 4 is 5.97 Å². The first kappa shape index (κ1) is 9.30. The summed E-state index contributed by atoms with van der Waals surface area (Å²) < 4.78 is 0. The van der Waals surface area contributed by atoms with Gasteiger partial charge in [0, 0.05) is 0 Å². The summed E-state index contributed by atoms with van der Waals surface area (Å²) in [5.41, 5.74) is -0.472. The van der Waals surface area contributed by atoms with Gasteiger partial charge >= 0.3 is 5.97 Å². The molecule has 0 bridgehead atoms. The molecule has 0 aromatic heterocycles. The second-order valence-corrected chi connectivity index (χ2v) is 3.64. The summed E-state index contributed by atoms with van der Waals surface area (Å²) in [5.74, 6) is -0.637. The lowest BCUT2D eigenvalue weighted by Gasteiger charge is -2.31. The van der Waals surface area contributed by atoms with Gasteiger partial charge in [0.2, 0.25) is 0 Å². The van der Waals surface area contributed by atoms with Crippen molar-refractivity contribution in [3.8, 4) is 0 Å². The van der Waals surface area contributed by atoms with Gasteiger partial charge in [-0.3, -0.25) is 4.79 Å². The summed E-state index contributed by atoms with van der Waals surface area (Å²) in [5, 5.41) is 9.07. The number of carboxylic acid groups (broad SMARTS) is 1. The topological polar surface area (TPSA) is 37.3 Å². The van der Waals surface area contributed by atoms with Crippen LogP contribution in [0.5, 0.6) is 0 Å². The van der Waals surface area contributed by atoms with Crippen LogP contribution in [0.25, 0.3) is 0 Å². The summed E-state index contributed by atoms with van der Waals surface area (Å²) in [6.45, 7) is 3.62. The Balaban J connectivity index is 2.69. The molecule has 1 saturated carbocycles.